The Morgan fingerprint density at radius 2 is 2.14 bits per heavy atom. The molecule has 1 aromatic carbocycles. The molecule has 0 saturated heterocycles. The highest BCUT2D eigenvalue weighted by atomic mass is 14.8. The van der Waals surface area contributed by atoms with Crippen LogP contribution in [0.3, 0.4) is 0 Å². The second kappa shape index (κ2) is 3.62. The number of rotatable bonds is 2. The Kier molecular flexibility index (Phi) is 2.31. The molecular weight excluding hydrogens is 174 g/mol. The highest BCUT2D eigenvalue weighted by molar-refractivity contribution is 5.77. The molecule has 1 heterocycles. The van der Waals surface area contributed by atoms with E-state index in [2.05, 4.69) is 16.9 Å². The van der Waals surface area contributed by atoms with Gasteiger partial charge >= 0.3 is 0 Å². The number of aromatic nitrogens is 2. The minimum Gasteiger partial charge on any atom is -0.399 e. The molecule has 0 amide bonds. The van der Waals surface area contributed by atoms with Crippen LogP contribution in [0.2, 0.25) is 0 Å². The van der Waals surface area contributed by atoms with Crippen molar-refractivity contribution >= 4 is 16.7 Å². The molecule has 0 atom stereocenters. The first kappa shape index (κ1) is 8.94. The van der Waals surface area contributed by atoms with Crippen LogP contribution in [-0.4, -0.2) is 9.97 Å². The summed E-state index contributed by atoms with van der Waals surface area (Å²) in [6, 6.07) is 5.60. The zero-order valence-electron chi connectivity index (χ0n) is 8.20. The summed E-state index contributed by atoms with van der Waals surface area (Å²) in [5.41, 5.74) is 9.24. The van der Waals surface area contributed by atoms with E-state index in [-0.39, 0.29) is 0 Å². The van der Waals surface area contributed by atoms with Crippen LogP contribution in [0.25, 0.3) is 11.0 Å². The fourth-order valence-corrected chi connectivity index (χ4v) is 1.44. The largest absolute Gasteiger partial charge is 0.399 e. The molecule has 0 aliphatic carbocycles. The predicted molar refractivity (Wildman–Crippen MR) is 57.9 cm³/mol. The third-order valence-electron chi connectivity index (χ3n) is 2.12. The van der Waals surface area contributed by atoms with Crippen LogP contribution in [-0.2, 0) is 6.42 Å². The van der Waals surface area contributed by atoms with Crippen molar-refractivity contribution in [3.05, 3.63) is 30.1 Å². The molecule has 0 aliphatic rings. The lowest BCUT2D eigenvalue weighted by Gasteiger charge is -2.01. The molecule has 0 aliphatic heterocycles. The van der Waals surface area contributed by atoms with E-state index in [1.165, 1.54) is 0 Å². The molecule has 0 radical (unpaired) electrons. The maximum absolute atomic E-state index is 5.68. The summed E-state index contributed by atoms with van der Waals surface area (Å²) in [5.74, 6) is 0. The van der Waals surface area contributed by atoms with Gasteiger partial charge in [0.25, 0.3) is 0 Å². The molecular formula is C11H13N3. The summed E-state index contributed by atoms with van der Waals surface area (Å²) < 4.78 is 0. The Labute approximate surface area is 83.0 Å². The first-order valence-corrected chi connectivity index (χ1v) is 4.81. The van der Waals surface area contributed by atoms with Crippen molar-refractivity contribution in [1.29, 1.82) is 0 Å². The fraction of sp³-hybridized carbons (Fsp3) is 0.273. The van der Waals surface area contributed by atoms with Crippen molar-refractivity contribution in [1.82, 2.24) is 9.97 Å². The standard InChI is InChI=1S/C11H13N3/c1-2-3-9-7-13-10-5-4-8(12)6-11(10)14-9/h4-7H,2-3,12H2,1H3. The third-order valence-corrected chi connectivity index (χ3v) is 2.12. The smallest absolute Gasteiger partial charge is 0.0910 e. The fourth-order valence-electron chi connectivity index (χ4n) is 1.44. The Morgan fingerprint density at radius 1 is 1.29 bits per heavy atom. The van der Waals surface area contributed by atoms with Gasteiger partial charge in [-0.2, -0.15) is 0 Å². The number of hydrogen-bond acceptors (Lipinski definition) is 3. The van der Waals surface area contributed by atoms with Gasteiger partial charge in [-0.3, -0.25) is 4.98 Å². The number of nitrogen functional groups attached to an aromatic ring is 1. The molecule has 72 valence electrons. The molecule has 0 spiro atoms. The summed E-state index contributed by atoms with van der Waals surface area (Å²) >= 11 is 0. The summed E-state index contributed by atoms with van der Waals surface area (Å²) in [5, 5.41) is 0. The topological polar surface area (TPSA) is 51.8 Å². The van der Waals surface area contributed by atoms with Crippen molar-refractivity contribution in [3.8, 4) is 0 Å². The van der Waals surface area contributed by atoms with Gasteiger partial charge in [-0.15, -0.1) is 0 Å². The van der Waals surface area contributed by atoms with Crippen molar-refractivity contribution in [2.75, 3.05) is 5.73 Å². The van der Waals surface area contributed by atoms with Gasteiger partial charge in [0.1, 0.15) is 0 Å². The van der Waals surface area contributed by atoms with E-state index in [4.69, 9.17) is 5.73 Å². The Bertz CT molecular complexity index is 451. The van der Waals surface area contributed by atoms with E-state index in [1.807, 2.05) is 24.4 Å². The monoisotopic (exact) mass is 187 g/mol. The van der Waals surface area contributed by atoms with Crippen LogP contribution >= 0.6 is 0 Å². The number of nitrogens with two attached hydrogens (primary N) is 1. The van der Waals surface area contributed by atoms with E-state index in [9.17, 15) is 0 Å². The van der Waals surface area contributed by atoms with Gasteiger partial charge in [-0.05, 0) is 24.6 Å². The number of hydrogen-bond donors (Lipinski definition) is 1. The lowest BCUT2D eigenvalue weighted by Crippen LogP contribution is -1.93. The van der Waals surface area contributed by atoms with Gasteiger partial charge in [-0.25, -0.2) is 4.98 Å². The quantitative estimate of drug-likeness (QED) is 0.733. The predicted octanol–water partition coefficient (Wildman–Crippen LogP) is 2.16. The molecule has 3 nitrogen and oxygen atoms in total. The highest BCUT2D eigenvalue weighted by Gasteiger charge is 1.99. The van der Waals surface area contributed by atoms with Crippen molar-refractivity contribution < 1.29 is 0 Å². The summed E-state index contributed by atoms with van der Waals surface area (Å²) in [6.45, 7) is 2.13. The van der Waals surface area contributed by atoms with Crippen molar-refractivity contribution in [3.63, 3.8) is 0 Å². The van der Waals surface area contributed by atoms with Crippen molar-refractivity contribution in [2.24, 2.45) is 0 Å². The first-order valence-electron chi connectivity index (χ1n) is 4.81. The Morgan fingerprint density at radius 3 is 2.93 bits per heavy atom. The SMILES string of the molecule is CCCc1cnc2ccc(N)cc2n1. The lowest BCUT2D eigenvalue weighted by molar-refractivity contribution is 0.881. The zero-order chi connectivity index (χ0) is 9.97. The Balaban J connectivity index is 2.52. The van der Waals surface area contributed by atoms with Gasteiger partial charge in [0, 0.05) is 11.9 Å². The van der Waals surface area contributed by atoms with E-state index in [0.29, 0.717) is 0 Å². The average Bonchev–Trinajstić information content (AvgIpc) is 2.17. The van der Waals surface area contributed by atoms with E-state index >= 15 is 0 Å². The molecule has 0 fully saturated rings. The minimum absolute atomic E-state index is 0.737. The number of fused-ring (bicyclic) bond motifs is 1. The molecule has 0 bridgehead atoms. The van der Waals surface area contributed by atoms with E-state index in [1.54, 1.807) is 0 Å². The van der Waals surface area contributed by atoms with Crippen LogP contribution in [0.15, 0.2) is 24.4 Å². The maximum Gasteiger partial charge on any atom is 0.0910 e. The van der Waals surface area contributed by atoms with Gasteiger partial charge in [-0.1, -0.05) is 13.3 Å². The molecule has 2 aromatic rings. The molecule has 14 heavy (non-hydrogen) atoms. The molecule has 2 N–H and O–H groups in total. The summed E-state index contributed by atoms with van der Waals surface area (Å²) in [7, 11) is 0. The third kappa shape index (κ3) is 1.66. The summed E-state index contributed by atoms with van der Waals surface area (Å²) in [4.78, 5) is 8.81. The number of nitrogens with zero attached hydrogens (tertiary/aromatic N) is 2. The van der Waals surface area contributed by atoms with Gasteiger partial charge < -0.3 is 5.73 Å². The molecule has 0 unspecified atom stereocenters. The number of anilines is 1. The second-order valence-corrected chi connectivity index (χ2v) is 3.36. The van der Waals surface area contributed by atoms with E-state index in [0.717, 1.165) is 35.3 Å². The van der Waals surface area contributed by atoms with Crippen LogP contribution in [0.4, 0.5) is 5.69 Å². The molecule has 2 rings (SSSR count). The van der Waals surface area contributed by atoms with Crippen LogP contribution in [0.1, 0.15) is 19.0 Å². The van der Waals surface area contributed by atoms with E-state index < -0.39 is 0 Å². The first-order chi connectivity index (χ1) is 6.79. The van der Waals surface area contributed by atoms with Gasteiger partial charge in [0.15, 0.2) is 0 Å². The molecule has 1 aromatic heterocycles. The van der Waals surface area contributed by atoms with Crippen LogP contribution in [0.5, 0.6) is 0 Å². The molecule has 0 saturated carbocycles. The minimum atomic E-state index is 0.737. The average molecular weight is 187 g/mol. The lowest BCUT2D eigenvalue weighted by atomic mass is 10.2. The van der Waals surface area contributed by atoms with Crippen LogP contribution < -0.4 is 5.73 Å². The highest BCUT2D eigenvalue weighted by Crippen LogP contribution is 2.13. The van der Waals surface area contributed by atoms with Crippen molar-refractivity contribution in [2.45, 2.75) is 19.8 Å². The number of aryl methyl sites for hydroxylation is 1. The second-order valence-electron chi connectivity index (χ2n) is 3.36. The maximum atomic E-state index is 5.68. The van der Waals surface area contributed by atoms with Crippen LogP contribution in [0, 0.1) is 0 Å². The van der Waals surface area contributed by atoms with Gasteiger partial charge in [0.05, 0.1) is 16.7 Å². The summed E-state index contributed by atoms with van der Waals surface area (Å²) in [6.07, 6.45) is 3.89. The Hall–Kier alpha value is -1.64. The molecule has 3 heteroatoms. The normalized spacial score (nSPS) is 10.6. The zero-order valence-corrected chi connectivity index (χ0v) is 8.20. The number of benzene rings is 1. The van der Waals surface area contributed by atoms with Gasteiger partial charge in [0.2, 0.25) is 0 Å².